The molecule has 0 aromatic carbocycles. The molecule has 1 amide bonds. The predicted octanol–water partition coefficient (Wildman–Crippen LogP) is 0.185. The van der Waals surface area contributed by atoms with Gasteiger partial charge >= 0.3 is 6.09 Å². The van der Waals surface area contributed by atoms with Gasteiger partial charge in [-0.2, -0.15) is 0 Å². The van der Waals surface area contributed by atoms with E-state index in [1.807, 2.05) is 0 Å². The molecule has 0 fully saturated rings. The summed E-state index contributed by atoms with van der Waals surface area (Å²) in [6.45, 7) is 0. The number of rotatable bonds is 3. The smallest absolute Gasteiger partial charge is 0.405 e. The molecule has 0 heterocycles. The number of carbonyl (C=O) groups excluding carboxylic acids is 1. The highest BCUT2D eigenvalue weighted by Gasteiger charge is 2.28. The molecule has 4 unspecified atom stereocenters. The lowest BCUT2D eigenvalue weighted by molar-refractivity contribution is -0.00672. The molecule has 4 N–H and O–H groups in total. The number of hydrogen-bond donors (Lipinski definition) is 3. The van der Waals surface area contributed by atoms with Crippen LogP contribution in [0.1, 0.15) is 12.8 Å². The molecule has 17 heavy (non-hydrogen) atoms. The lowest BCUT2D eigenvalue weighted by atomic mass is 9.97. The van der Waals surface area contributed by atoms with Crippen LogP contribution in [0.3, 0.4) is 0 Å². The molecule has 0 spiro atoms. The summed E-state index contributed by atoms with van der Waals surface area (Å²) in [6, 6.07) is 0. The minimum atomic E-state index is -0.913. The molecule has 0 radical (unpaired) electrons. The molecular formula is C10H17NO5S. The first kappa shape index (κ1) is 14.3. The third-order valence-electron chi connectivity index (χ3n) is 2.41. The Balaban J connectivity index is 2.69. The van der Waals surface area contributed by atoms with E-state index in [0.29, 0.717) is 6.42 Å². The van der Waals surface area contributed by atoms with Crippen LogP contribution in [0.15, 0.2) is 12.2 Å². The van der Waals surface area contributed by atoms with Crippen molar-refractivity contribution in [1.82, 2.24) is 0 Å². The van der Waals surface area contributed by atoms with Crippen molar-refractivity contribution < 1.29 is 23.9 Å². The van der Waals surface area contributed by atoms with Gasteiger partial charge in [0.2, 0.25) is 0 Å². The van der Waals surface area contributed by atoms with Crippen molar-refractivity contribution in [3.63, 3.8) is 0 Å². The van der Waals surface area contributed by atoms with Crippen molar-refractivity contribution in [2.24, 2.45) is 5.73 Å². The maximum absolute atomic E-state index is 10.6. The lowest BCUT2D eigenvalue weighted by Crippen LogP contribution is -2.36. The third-order valence-corrected chi connectivity index (χ3v) is 2.85. The molecule has 0 saturated carbocycles. The van der Waals surface area contributed by atoms with Gasteiger partial charge in [-0.05, 0) is 18.1 Å². The first-order valence-electron chi connectivity index (χ1n) is 5.23. The fourth-order valence-corrected chi connectivity index (χ4v) is 2.11. The Kier molecular flexibility index (Phi) is 5.76. The Hall–Kier alpha value is -0.760. The van der Waals surface area contributed by atoms with Gasteiger partial charge in [0.05, 0.1) is 12.2 Å². The van der Waals surface area contributed by atoms with Crippen molar-refractivity contribution in [2.45, 2.75) is 37.3 Å². The van der Waals surface area contributed by atoms with E-state index in [0.717, 1.165) is 12.0 Å². The number of hydrogen-bond acceptors (Lipinski definition) is 6. The molecule has 98 valence electrons. The van der Waals surface area contributed by atoms with Gasteiger partial charge in [0.15, 0.2) is 0 Å². The van der Waals surface area contributed by atoms with Crippen LogP contribution >= 0.6 is 12.0 Å². The van der Waals surface area contributed by atoms with Gasteiger partial charge < -0.3 is 24.9 Å². The molecule has 6 nitrogen and oxygen atoms in total. The summed E-state index contributed by atoms with van der Waals surface area (Å²) in [5.74, 6) is 0. The van der Waals surface area contributed by atoms with Crippen molar-refractivity contribution >= 4 is 18.1 Å². The number of amides is 1. The molecule has 0 bridgehead atoms. The van der Waals surface area contributed by atoms with Gasteiger partial charge in [0.25, 0.3) is 0 Å². The molecular weight excluding hydrogens is 246 g/mol. The predicted molar refractivity (Wildman–Crippen MR) is 63.2 cm³/mol. The van der Waals surface area contributed by atoms with Gasteiger partial charge in [-0.25, -0.2) is 4.79 Å². The molecule has 0 aromatic heterocycles. The normalized spacial score (nSPS) is 35.7. The van der Waals surface area contributed by atoms with Crippen LogP contribution in [-0.2, 0) is 8.92 Å². The highest BCUT2D eigenvalue weighted by atomic mass is 32.2. The van der Waals surface area contributed by atoms with Crippen LogP contribution in [0.25, 0.3) is 0 Å². The second kappa shape index (κ2) is 6.85. The minimum Gasteiger partial charge on any atom is -0.442 e. The zero-order valence-corrected chi connectivity index (χ0v) is 10.3. The third kappa shape index (κ3) is 4.95. The first-order valence-corrected chi connectivity index (χ1v) is 6.38. The van der Waals surface area contributed by atoms with Gasteiger partial charge in [-0.15, -0.1) is 0 Å². The van der Waals surface area contributed by atoms with E-state index in [9.17, 15) is 15.0 Å². The number of aliphatic hydroxyl groups excluding tert-OH is 2. The number of carbonyl (C=O) groups is 1. The van der Waals surface area contributed by atoms with E-state index in [-0.39, 0.29) is 6.42 Å². The largest absolute Gasteiger partial charge is 0.442 e. The summed E-state index contributed by atoms with van der Waals surface area (Å²) in [6.07, 6.45) is 1.60. The average molecular weight is 263 g/mol. The van der Waals surface area contributed by atoms with Gasteiger partial charge in [-0.1, -0.05) is 6.08 Å². The first-order chi connectivity index (χ1) is 8.02. The fraction of sp³-hybridized carbons (Fsp3) is 0.700. The van der Waals surface area contributed by atoms with E-state index in [1.54, 1.807) is 6.26 Å². The van der Waals surface area contributed by atoms with Crippen molar-refractivity contribution in [2.75, 3.05) is 6.26 Å². The fourth-order valence-electron chi connectivity index (χ4n) is 1.66. The molecule has 1 aliphatic rings. The zero-order valence-electron chi connectivity index (χ0n) is 9.48. The lowest BCUT2D eigenvalue weighted by Gasteiger charge is -2.27. The highest BCUT2D eigenvalue weighted by molar-refractivity contribution is 7.93. The number of aliphatic hydroxyl groups is 2. The zero-order chi connectivity index (χ0) is 12.8. The monoisotopic (exact) mass is 263 g/mol. The second-order valence-corrected chi connectivity index (χ2v) is 4.29. The summed E-state index contributed by atoms with van der Waals surface area (Å²) >= 11 is 1.12. The van der Waals surface area contributed by atoms with Crippen LogP contribution in [0.4, 0.5) is 4.79 Å². The summed E-state index contributed by atoms with van der Waals surface area (Å²) in [4.78, 5) is 10.6. The number of primary amides is 1. The van der Waals surface area contributed by atoms with Crippen LogP contribution in [0.5, 0.6) is 0 Å². The molecule has 4 atom stereocenters. The Morgan fingerprint density at radius 1 is 1.41 bits per heavy atom. The quantitative estimate of drug-likeness (QED) is 0.496. The maximum atomic E-state index is 10.6. The molecule has 1 aliphatic carbocycles. The average Bonchev–Trinajstić information content (AvgIpc) is 2.23. The molecule has 0 aliphatic heterocycles. The van der Waals surface area contributed by atoms with E-state index < -0.39 is 30.5 Å². The molecule has 1 rings (SSSR count). The van der Waals surface area contributed by atoms with Gasteiger partial charge in [0, 0.05) is 19.1 Å². The Morgan fingerprint density at radius 3 is 2.71 bits per heavy atom. The topological polar surface area (TPSA) is 102 Å². The minimum absolute atomic E-state index is 0.192. The number of ether oxygens (including phenoxy) is 1. The van der Waals surface area contributed by atoms with Crippen molar-refractivity contribution in [3.8, 4) is 0 Å². The Morgan fingerprint density at radius 2 is 2.12 bits per heavy atom. The van der Waals surface area contributed by atoms with Crippen LogP contribution in [-0.4, -0.2) is 47.0 Å². The standard InChI is InChI=1S/C10H17NO5S/c1-17-16-9-4-6(12)2-3-7(5-8(9)13)15-10(11)14/h2-3,6-9,12-13H,4-5H2,1H3,(H2,11,14)/b3-2+. The van der Waals surface area contributed by atoms with Crippen molar-refractivity contribution in [1.29, 1.82) is 0 Å². The Bertz CT molecular complexity index is 286. The summed E-state index contributed by atoms with van der Waals surface area (Å²) in [5, 5.41) is 19.5. The van der Waals surface area contributed by atoms with E-state index in [1.165, 1.54) is 12.2 Å². The summed E-state index contributed by atoms with van der Waals surface area (Å²) in [5.41, 5.74) is 4.91. The van der Waals surface area contributed by atoms with Crippen LogP contribution < -0.4 is 5.73 Å². The van der Waals surface area contributed by atoms with E-state index in [4.69, 9.17) is 14.7 Å². The molecule has 7 heteroatoms. The second-order valence-electron chi connectivity index (χ2n) is 3.77. The van der Waals surface area contributed by atoms with Crippen molar-refractivity contribution in [3.05, 3.63) is 12.2 Å². The van der Waals surface area contributed by atoms with E-state index >= 15 is 0 Å². The Labute approximate surface area is 104 Å². The van der Waals surface area contributed by atoms with Gasteiger partial charge in [-0.3, -0.25) is 0 Å². The van der Waals surface area contributed by atoms with Crippen LogP contribution in [0.2, 0.25) is 0 Å². The molecule has 0 saturated heterocycles. The molecule has 0 aromatic rings. The summed E-state index contributed by atoms with van der Waals surface area (Å²) < 4.78 is 10.0. The SMILES string of the molecule is CSOC1CC(O)/C=C/C(OC(N)=O)CC1O. The van der Waals surface area contributed by atoms with Crippen LogP contribution in [0, 0.1) is 0 Å². The maximum Gasteiger partial charge on any atom is 0.405 e. The van der Waals surface area contributed by atoms with E-state index in [2.05, 4.69) is 0 Å². The van der Waals surface area contributed by atoms with Gasteiger partial charge in [0.1, 0.15) is 12.2 Å². The summed E-state index contributed by atoms with van der Waals surface area (Å²) in [7, 11) is 0. The number of nitrogens with two attached hydrogens (primary N) is 1. The highest BCUT2D eigenvalue weighted by Crippen LogP contribution is 2.21.